The van der Waals surface area contributed by atoms with E-state index in [-0.39, 0.29) is 5.56 Å². The first kappa shape index (κ1) is 14.5. The van der Waals surface area contributed by atoms with E-state index in [1.807, 2.05) is 24.3 Å². The Morgan fingerprint density at radius 2 is 1.95 bits per heavy atom. The van der Waals surface area contributed by atoms with Gasteiger partial charge in [-0.05, 0) is 40.2 Å². The molecule has 110 valence electrons. The number of rotatable bonds is 3. The summed E-state index contributed by atoms with van der Waals surface area (Å²) in [5.41, 5.74) is 0.731. The van der Waals surface area contributed by atoms with Crippen molar-refractivity contribution in [3.8, 4) is 0 Å². The molecule has 3 aromatic rings. The second-order valence-corrected chi connectivity index (χ2v) is 5.59. The number of hydrogen-bond acceptors (Lipinski definition) is 3. The zero-order valence-corrected chi connectivity index (χ0v) is 12.9. The molecule has 22 heavy (non-hydrogen) atoms. The number of hydrogen-bond donors (Lipinski definition) is 1. The van der Waals surface area contributed by atoms with Crippen LogP contribution in [0.3, 0.4) is 0 Å². The van der Waals surface area contributed by atoms with Gasteiger partial charge in [0, 0.05) is 11.6 Å². The van der Waals surface area contributed by atoms with Gasteiger partial charge in [0.1, 0.15) is 10.2 Å². The van der Waals surface area contributed by atoms with Gasteiger partial charge in [0.15, 0.2) is 0 Å². The van der Waals surface area contributed by atoms with Crippen molar-refractivity contribution in [1.82, 2.24) is 9.55 Å². The molecule has 2 aromatic heterocycles. The van der Waals surface area contributed by atoms with Gasteiger partial charge in [-0.25, -0.2) is 9.78 Å². The first-order valence-electron chi connectivity index (χ1n) is 6.53. The molecule has 0 amide bonds. The van der Waals surface area contributed by atoms with Crippen LogP contribution in [-0.4, -0.2) is 20.6 Å². The number of pyridine rings is 2. The molecule has 0 atom stereocenters. The van der Waals surface area contributed by atoms with Gasteiger partial charge in [-0.3, -0.25) is 4.79 Å². The lowest BCUT2D eigenvalue weighted by atomic mass is 10.1. The fourth-order valence-corrected chi connectivity index (χ4v) is 2.72. The van der Waals surface area contributed by atoms with Crippen molar-refractivity contribution in [2.24, 2.45) is 0 Å². The molecule has 1 aromatic carbocycles. The van der Waals surface area contributed by atoms with E-state index in [1.54, 1.807) is 22.8 Å². The Morgan fingerprint density at radius 1 is 1.18 bits per heavy atom. The van der Waals surface area contributed by atoms with Gasteiger partial charge >= 0.3 is 5.97 Å². The molecule has 3 rings (SSSR count). The van der Waals surface area contributed by atoms with Crippen LogP contribution in [0.1, 0.15) is 16.1 Å². The van der Waals surface area contributed by atoms with E-state index in [2.05, 4.69) is 20.9 Å². The van der Waals surface area contributed by atoms with Gasteiger partial charge in [0.25, 0.3) is 0 Å². The maximum Gasteiger partial charge on any atom is 0.341 e. The van der Waals surface area contributed by atoms with Crippen molar-refractivity contribution >= 4 is 32.8 Å². The molecule has 0 aliphatic carbocycles. The first-order chi connectivity index (χ1) is 10.6. The third-order valence-electron chi connectivity index (χ3n) is 3.32. The number of halogens is 1. The Morgan fingerprint density at radius 3 is 2.68 bits per heavy atom. The quantitative estimate of drug-likeness (QED) is 0.730. The minimum Gasteiger partial charge on any atom is -0.477 e. The summed E-state index contributed by atoms with van der Waals surface area (Å²) < 4.78 is 2.43. The average molecular weight is 359 g/mol. The second kappa shape index (κ2) is 5.73. The molecular formula is C16H11BrN2O3. The number of aromatic carboxylic acids is 1. The molecule has 1 N–H and O–H groups in total. The lowest BCUT2D eigenvalue weighted by Crippen LogP contribution is -2.19. The van der Waals surface area contributed by atoms with Gasteiger partial charge in [-0.15, -0.1) is 0 Å². The van der Waals surface area contributed by atoms with Crippen LogP contribution in [-0.2, 0) is 6.54 Å². The van der Waals surface area contributed by atoms with Crippen LogP contribution in [0.2, 0.25) is 0 Å². The van der Waals surface area contributed by atoms with Gasteiger partial charge in [-0.2, -0.15) is 0 Å². The van der Waals surface area contributed by atoms with E-state index in [0.29, 0.717) is 22.1 Å². The SMILES string of the molecule is O=C(O)c1cn(Cc2cccc(Br)n2)c2ccccc2c1=O. The summed E-state index contributed by atoms with van der Waals surface area (Å²) in [7, 11) is 0. The van der Waals surface area contributed by atoms with Crippen LogP contribution in [0.4, 0.5) is 0 Å². The largest absolute Gasteiger partial charge is 0.477 e. The maximum absolute atomic E-state index is 12.2. The van der Waals surface area contributed by atoms with Crippen LogP contribution in [0.15, 0.2) is 58.1 Å². The first-order valence-corrected chi connectivity index (χ1v) is 7.32. The third kappa shape index (κ3) is 2.65. The average Bonchev–Trinajstić information content (AvgIpc) is 2.50. The summed E-state index contributed by atoms with van der Waals surface area (Å²) in [6.45, 7) is 0.376. The van der Waals surface area contributed by atoms with E-state index in [9.17, 15) is 14.7 Å². The molecule has 0 fully saturated rings. The molecule has 0 aliphatic heterocycles. The predicted octanol–water partition coefficient (Wildman–Crippen LogP) is 2.91. The lowest BCUT2D eigenvalue weighted by Gasteiger charge is -2.12. The van der Waals surface area contributed by atoms with E-state index >= 15 is 0 Å². The van der Waals surface area contributed by atoms with E-state index in [4.69, 9.17) is 0 Å². The smallest absolute Gasteiger partial charge is 0.341 e. The van der Waals surface area contributed by atoms with Crippen molar-refractivity contribution in [3.63, 3.8) is 0 Å². The number of fused-ring (bicyclic) bond motifs is 1. The van der Waals surface area contributed by atoms with E-state index < -0.39 is 11.4 Å². The Bertz CT molecular complexity index is 934. The van der Waals surface area contributed by atoms with Gasteiger partial charge < -0.3 is 9.67 Å². The van der Waals surface area contributed by atoms with Crippen LogP contribution in [0.25, 0.3) is 10.9 Å². The van der Waals surface area contributed by atoms with Gasteiger partial charge in [0.05, 0.1) is 17.8 Å². The minimum atomic E-state index is -1.23. The summed E-state index contributed by atoms with van der Waals surface area (Å²) in [5, 5.41) is 9.61. The van der Waals surface area contributed by atoms with Crippen LogP contribution in [0, 0.1) is 0 Å². The van der Waals surface area contributed by atoms with Crippen molar-refractivity contribution in [1.29, 1.82) is 0 Å². The Kier molecular flexibility index (Phi) is 3.77. The molecule has 0 spiro atoms. The standard InChI is InChI=1S/C16H11BrN2O3/c17-14-7-3-4-10(18-14)8-19-9-12(16(21)22)15(20)11-5-1-2-6-13(11)19/h1-7,9H,8H2,(H,21,22). The van der Waals surface area contributed by atoms with E-state index in [1.165, 1.54) is 6.20 Å². The lowest BCUT2D eigenvalue weighted by molar-refractivity contribution is 0.0695. The highest BCUT2D eigenvalue weighted by atomic mass is 79.9. The molecule has 0 aliphatic rings. The summed E-state index contributed by atoms with van der Waals surface area (Å²) in [4.78, 5) is 27.8. The number of para-hydroxylation sites is 1. The van der Waals surface area contributed by atoms with E-state index in [0.717, 1.165) is 5.69 Å². The molecule has 0 unspecified atom stereocenters. The highest BCUT2D eigenvalue weighted by Crippen LogP contribution is 2.14. The molecule has 5 nitrogen and oxygen atoms in total. The zero-order valence-electron chi connectivity index (χ0n) is 11.4. The summed E-state index contributed by atoms with van der Waals surface area (Å²) in [5.74, 6) is -1.23. The molecule has 0 radical (unpaired) electrons. The number of benzene rings is 1. The molecule has 2 heterocycles. The Hall–Kier alpha value is -2.47. The summed E-state index contributed by atoms with van der Waals surface area (Å²) >= 11 is 3.31. The Labute approximate surface area is 134 Å². The maximum atomic E-state index is 12.2. The monoisotopic (exact) mass is 358 g/mol. The number of carboxylic acids is 1. The number of carbonyl (C=O) groups is 1. The van der Waals surface area contributed by atoms with Crippen molar-refractivity contribution < 1.29 is 9.90 Å². The fourth-order valence-electron chi connectivity index (χ4n) is 2.34. The zero-order chi connectivity index (χ0) is 15.7. The molecular weight excluding hydrogens is 348 g/mol. The van der Waals surface area contributed by atoms with Crippen LogP contribution >= 0.6 is 15.9 Å². The van der Waals surface area contributed by atoms with Crippen molar-refractivity contribution in [2.45, 2.75) is 6.54 Å². The molecule has 0 saturated carbocycles. The predicted molar refractivity (Wildman–Crippen MR) is 86.2 cm³/mol. The summed E-state index contributed by atoms with van der Waals surface area (Å²) in [6.07, 6.45) is 1.37. The van der Waals surface area contributed by atoms with Crippen molar-refractivity contribution in [2.75, 3.05) is 0 Å². The highest BCUT2D eigenvalue weighted by Gasteiger charge is 2.14. The number of carboxylic acid groups (broad SMARTS) is 1. The van der Waals surface area contributed by atoms with Crippen LogP contribution in [0.5, 0.6) is 0 Å². The third-order valence-corrected chi connectivity index (χ3v) is 3.76. The van der Waals surface area contributed by atoms with Crippen molar-refractivity contribution in [3.05, 3.63) is 74.7 Å². The second-order valence-electron chi connectivity index (χ2n) is 4.77. The minimum absolute atomic E-state index is 0.242. The van der Waals surface area contributed by atoms with Gasteiger partial charge in [0.2, 0.25) is 5.43 Å². The number of aromatic nitrogens is 2. The Balaban J connectivity index is 2.22. The molecule has 0 saturated heterocycles. The fraction of sp³-hybridized carbons (Fsp3) is 0.0625. The summed E-state index contributed by atoms with van der Waals surface area (Å²) in [6, 6.07) is 12.5. The normalized spacial score (nSPS) is 10.8. The topological polar surface area (TPSA) is 72.2 Å². The number of nitrogens with zero attached hydrogens (tertiary/aromatic N) is 2. The molecule has 6 heteroatoms. The van der Waals surface area contributed by atoms with Gasteiger partial charge in [-0.1, -0.05) is 18.2 Å². The van der Waals surface area contributed by atoms with Crippen LogP contribution < -0.4 is 5.43 Å². The highest BCUT2D eigenvalue weighted by molar-refractivity contribution is 9.10. The molecule has 0 bridgehead atoms.